The van der Waals surface area contributed by atoms with Crippen LogP contribution in [0.1, 0.15) is 25.8 Å². The van der Waals surface area contributed by atoms with E-state index in [2.05, 4.69) is 0 Å². The maximum atomic E-state index is 12.9. The predicted octanol–water partition coefficient (Wildman–Crippen LogP) is 1.85. The Balaban J connectivity index is 1.54. The van der Waals surface area contributed by atoms with Crippen molar-refractivity contribution in [3.05, 3.63) is 35.6 Å². The number of nitrogens with zero attached hydrogens (tertiary/aromatic N) is 2. The third kappa shape index (κ3) is 4.37. The first-order valence-electron chi connectivity index (χ1n) is 8.89. The first-order valence-corrected chi connectivity index (χ1v) is 8.89. The number of likely N-dealkylation sites (tertiary alicyclic amines) is 1. The highest BCUT2D eigenvalue weighted by Crippen LogP contribution is 2.23. The molecule has 0 radical (unpaired) electrons. The zero-order valence-corrected chi connectivity index (χ0v) is 14.8. The zero-order chi connectivity index (χ0) is 18.0. The molecular formula is C19H25FN2O3. The van der Waals surface area contributed by atoms with Crippen molar-refractivity contribution in [3.8, 4) is 0 Å². The Labute approximate surface area is 147 Å². The average molecular weight is 348 g/mol. The van der Waals surface area contributed by atoms with E-state index >= 15 is 0 Å². The van der Waals surface area contributed by atoms with Crippen LogP contribution in [0.15, 0.2) is 24.3 Å². The number of halogens is 1. The van der Waals surface area contributed by atoms with Crippen LogP contribution < -0.4 is 0 Å². The van der Waals surface area contributed by atoms with Crippen LogP contribution in [0.4, 0.5) is 4.39 Å². The molecule has 0 saturated carbocycles. The van der Waals surface area contributed by atoms with Crippen LogP contribution in [0.5, 0.6) is 0 Å². The van der Waals surface area contributed by atoms with Gasteiger partial charge in [0.25, 0.3) is 0 Å². The molecule has 0 aliphatic carbocycles. The molecule has 25 heavy (non-hydrogen) atoms. The fourth-order valence-electron chi connectivity index (χ4n) is 3.68. The number of benzene rings is 1. The van der Waals surface area contributed by atoms with Crippen molar-refractivity contribution >= 4 is 11.8 Å². The summed E-state index contributed by atoms with van der Waals surface area (Å²) in [5, 5.41) is 0. The summed E-state index contributed by atoms with van der Waals surface area (Å²) < 4.78 is 18.6. The Morgan fingerprint density at radius 2 is 1.80 bits per heavy atom. The second-order valence-electron chi connectivity index (χ2n) is 7.12. The van der Waals surface area contributed by atoms with Gasteiger partial charge in [-0.3, -0.25) is 9.59 Å². The Bertz CT molecular complexity index is 624. The lowest BCUT2D eigenvalue weighted by atomic mass is 10.1. The van der Waals surface area contributed by atoms with Crippen molar-refractivity contribution < 1.29 is 18.7 Å². The van der Waals surface area contributed by atoms with Crippen LogP contribution in [0, 0.1) is 11.7 Å². The van der Waals surface area contributed by atoms with E-state index in [9.17, 15) is 14.0 Å². The van der Waals surface area contributed by atoms with E-state index in [0.29, 0.717) is 32.6 Å². The van der Waals surface area contributed by atoms with E-state index in [-0.39, 0.29) is 42.2 Å². The molecule has 2 saturated heterocycles. The minimum atomic E-state index is -0.266. The topological polar surface area (TPSA) is 49.9 Å². The summed E-state index contributed by atoms with van der Waals surface area (Å²) in [4.78, 5) is 28.6. The molecule has 5 nitrogen and oxygen atoms in total. The van der Waals surface area contributed by atoms with Crippen LogP contribution in [0.2, 0.25) is 0 Å². The predicted molar refractivity (Wildman–Crippen MR) is 91.4 cm³/mol. The summed E-state index contributed by atoms with van der Waals surface area (Å²) in [5.41, 5.74) is 0.986. The maximum absolute atomic E-state index is 12.9. The highest BCUT2D eigenvalue weighted by molar-refractivity contribution is 5.89. The van der Waals surface area contributed by atoms with Gasteiger partial charge in [-0.1, -0.05) is 12.1 Å². The molecule has 2 heterocycles. The Kier molecular flexibility index (Phi) is 5.37. The van der Waals surface area contributed by atoms with E-state index in [1.165, 1.54) is 12.1 Å². The van der Waals surface area contributed by atoms with Crippen molar-refractivity contribution in [2.45, 2.75) is 38.9 Å². The molecule has 136 valence electrons. The molecule has 2 amide bonds. The molecule has 6 heteroatoms. The van der Waals surface area contributed by atoms with Gasteiger partial charge in [0, 0.05) is 32.6 Å². The molecule has 2 aliphatic heterocycles. The zero-order valence-electron chi connectivity index (χ0n) is 14.8. The Hall–Kier alpha value is -1.95. The lowest BCUT2D eigenvalue weighted by molar-refractivity contribution is -0.147. The van der Waals surface area contributed by atoms with E-state index in [4.69, 9.17) is 4.74 Å². The molecule has 1 aromatic rings. The number of carbonyl (C=O) groups is 2. The van der Waals surface area contributed by atoms with Gasteiger partial charge in [-0.05, 0) is 38.0 Å². The van der Waals surface area contributed by atoms with Crippen LogP contribution in [-0.4, -0.2) is 60.0 Å². The highest BCUT2D eigenvalue weighted by Gasteiger charge is 2.38. The van der Waals surface area contributed by atoms with Crippen molar-refractivity contribution in [1.82, 2.24) is 9.80 Å². The van der Waals surface area contributed by atoms with Gasteiger partial charge >= 0.3 is 0 Å². The summed E-state index contributed by atoms with van der Waals surface area (Å²) in [6.45, 7) is 6.13. The quantitative estimate of drug-likeness (QED) is 0.834. The number of carbonyl (C=O) groups excluding carboxylic acids is 2. The summed E-state index contributed by atoms with van der Waals surface area (Å²) in [5.74, 6) is -0.451. The van der Waals surface area contributed by atoms with Gasteiger partial charge in [-0.25, -0.2) is 4.39 Å². The molecule has 2 fully saturated rings. The van der Waals surface area contributed by atoms with Gasteiger partial charge in [0.2, 0.25) is 11.8 Å². The number of amides is 2. The first kappa shape index (κ1) is 17.9. The minimum absolute atomic E-state index is 0.0230. The first-order chi connectivity index (χ1) is 11.9. The van der Waals surface area contributed by atoms with Crippen LogP contribution in [0.3, 0.4) is 0 Å². The van der Waals surface area contributed by atoms with Gasteiger partial charge in [0.05, 0.1) is 18.1 Å². The van der Waals surface area contributed by atoms with Crippen LogP contribution in [-0.2, 0) is 20.7 Å². The molecule has 0 N–H and O–H groups in total. The number of hydrogen-bond donors (Lipinski definition) is 0. The van der Waals surface area contributed by atoms with Crippen LogP contribution in [0.25, 0.3) is 0 Å². The molecule has 3 rings (SSSR count). The largest absolute Gasteiger partial charge is 0.372 e. The van der Waals surface area contributed by atoms with E-state index in [0.717, 1.165) is 5.56 Å². The average Bonchev–Trinajstić information content (AvgIpc) is 2.93. The highest BCUT2D eigenvalue weighted by atomic mass is 19.1. The van der Waals surface area contributed by atoms with Crippen molar-refractivity contribution in [2.24, 2.45) is 5.92 Å². The second kappa shape index (κ2) is 7.52. The molecule has 2 aliphatic rings. The number of morpholine rings is 1. The maximum Gasteiger partial charge on any atom is 0.228 e. The van der Waals surface area contributed by atoms with E-state index in [1.807, 2.05) is 18.7 Å². The van der Waals surface area contributed by atoms with Crippen molar-refractivity contribution in [1.29, 1.82) is 0 Å². The monoisotopic (exact) mass is 348 g/mol. The van der Waals surface area contributed by atoms with Crippen LogP contribution >= 0.6 is 0 Å². The smallest absolute Gasteiger partial charge is 0.228 e. The molecule has 1 aromatic carbocycles. The van der Waals surface area contributed by atoms with Crippen molar-refractivity contribution in [3.63, 3.8) is 0 Å². The molecule has 0 bridgehead atoms. The molecule has 3 atom stereocenters. The molecule has 0 aromatic heterocycles. The standard InChI is InChI=1S/C19H25FN2O3/c1-13-10-22(11-14(2)25-13)19(24)16-9-18(23)21(12-16)8-7-15-3-5-17(20)6-4-15/h3-6,13-14,16H,7-12H2,1-2H3. The van der Waals surface area contributed by atoms with Crippen molar-refractivity contribution in [2.75, 3.05) is 26.2 Å². The van der Waals surface area contributed by atoms with E-state index < -0.39 is 0 Å². The fraction of sp³-hybridized carbons (Fsp3) is 0.579. The van der Waals surface area contributed by atoms with Gasteiger partial charge in [0.1, 0.15) is 5.82 Å². The van der Waals surface area contributed by atoms with E-state index in [1.54, 1.807) is 17.0 Å². The molecule has 0 spiro atoms. The summed E-state index contributed by atoms with van der Waals surface area (Å²) in [6, 6.07) is 6.31. The SMILES string of the molecule is CC1CN(C(=O)C2CC(=O)N(CCc3ccc(F)cc3)C2)CC(C)O1. The molecular weight excluding hydrogens is 323 g/mol. The van der Waals surface area contributed by atoms with Gasteiger partial charge in [0.15, 0.2) is 0 Å². The lowest BCUT2D eigenvalue weighted by Crippen LogP contribution is -2.50. The van der Waals surface area contributed by atoms with Gasteiger partial charge in [-0.2, -0.15) is 0 Å². The number of ether oxygens (including phenoxy) is 1. The summed E-state index contributed by atoms with van der Waals surface area (Å²) in [7, 11) is 0. The molecule has 3 unspecified atom stereocenters. The fourth-order valence-corrected chi connectivity index (χ4v) is 3.68. The third-order valence-corrected chi connectivity index (χ3v) is 4.88. The number of hydrogen-bond acceptors (Lipinski definition) is 3. The lowest BCUT2D eigenvalue weighted by Gasteiger charge is -2.36. The third-order valence-electron chi connectivity index (χ3n) is 4.88. The Morgan fingerprint density at radius 3 is 2.44 bits per heavy atom. The Morgan fingerprint density at radius 1 is 1.16 bits per heavy atom. The summed E-state index contributed by atoms with van der Waals surface area (Å²) in [6.07, 6.45) is 1.000. The number of rotatable bonds is 4. The second-order valence-corrected chi connectivity index (χ2v) is 7.12. The normalized spacial score (nSPS) is 27.0. The summed E-state index contributed by atoms with van der Waals surface area (Å²) >= 11 is 0. The van der Waals surface area contributed by atoms with Gasteiger partial charge in [-0.15, -0.1) is 0 Å². The van der Waals surface area contributed by atoms with Gasteiger partial charge < -0.3 is 14.5 Å². The minimum Gasteiger partial charge on any atom is -0.372 e.